The van der Waals surface area contributed by atoms with Crippen LogP contribution in [0, 0.1) is 23.7 Å². The molecule has 6 aliphatic carbocycles. The quantitative estimate of drug-likeness (QED) is 0.181. The summed E-state index contributed by atoms with van der Waals surface area (Å²) < 4.78 is 0. The molecule has 6 aliphatic rings. The van der Waals surface area contributed by atoms with Crippen molar-refractivity contribution in [2.45, 2.75) is 115 Å². The minimum atomic E-state index is 0.110. The highest BCUT2D eigenvalue weighted by molar-refractivity contribution is 5.85. The second-order valence-electron chi connectivity index (χ2n) is 20.2. The molecule has 4 saturated carbocycles. The molecule has 11 rings (SSSR count). The standard InChI is InChI=1S/C52H57N/c1-49(2,3)37-15-19-41(20-16-37)53(42-21-23-46-48(32-42)51(6,7)25-24-50(46,4)5)40-17-12-35(13-18-40)36-14-22-44-43-10-8-9-11-45(43)52(47(44)31-36)38-27-33-26-34(29-38)30-39(52)28-33/h8-23,31-34,38-39H,24-30H2,1-7H3. The number of anilines is 3. The van der Waals surface area contributed by atoms with Gasteiger partial charge in [-0.1, -0.05) is 115 Å². The maximum absolute atomic E-state index is 2.63. The lowest BCUT2D eigenvalue weighted by Gasteiger charge is -2.61. The summed E-state index contributed by atoms with van der Waals surface area (Å²) in [5.74, 6) is 3.47. The molecule has 0 saturated heterocycles. The van der Waals surface area contributed by atoms with Gasteiger partial charge in [-0.3, -0.25) is 0 Å². The van der Waals surface area contributed by atoms with Crippen molar-refractivity contribution in [2.24, 2.45) is 23.7 Å². The first-order chi connectivity index (χ1) is 25.3. The Hall–Kier alpha value is -4.10. The molecule has 5 aromatic carbocycles. The van der Waals surface area contributed by atoms with E-state index in [9.17, 15) is 0 Å². The summed E-state index contributed by atoms with van der Waals surface area (Å²) in [5, 5.41) is 0. The van der Waals surface area contributed by atoms with E-state index < -0.39 is 0 Å². The third-order valence-corrected chi connectivity index (χ3v) is 15.1. The highest BCUT2D eigenvalue weighted by atomic mass is 15.1. The molecule has 0 amide bonds. The number of benzene rings is 5. The SMILES string of the molecule is CC(C)(C)c1ccc(N(c2ccc(-c3ccc4c(c3)C3(c5ccccc5-4)C4CC5CC(C4)CC3C5)cc2)c2ccc3c(c2)C(C)(C)CCC3(C)C)cc1. The van der Waals surface area contributed by atoms with Gasteiger partial charge in [0, 0.05) is 22.5 Å². The van der Waals surface area contributed by atoms with Crippen LogP contribution in [0.1, 0.15) is 121 Å². The van der Waals surface area contributed by atoms with Crippen molar-refractivity contribution < 1.29 is 0 Å². The van der Waals surface area contributed by atoms with E-state index in [1.807, 2.05) is 0 Å². The summed E-state index contributed by atoms with van der Waals surface area (Å²) in [5.41, 5.74) is 17.6. The third-order valence-electron chi connectivity index (χ3n) is 15.1. The molecule has 1 heteroatoms. The molecule has 0 unspecified atom stereocenters. The van der Waals surface area contributed by atoms with Gasteiger partial charge in [-0.15, -0.1) is 0 Å². The van der Waals surface area contributed by atoms with Gasteiger partial charge in [0.1, 0.15) is 0 Å². The van der Waals surface area contributed by atoms with Crippen LogP contribution in [0.25, 0.3) is 22.3 Å². The molecule has 0 radical (unpaired) electrons. The van der Waals surface area contributed by atoms with Crippen molar-refractivity contribution in [3.63, 3.8) is 0 Å². The molecule has 0 heterocycles. The maximum atomic E-state index is 2.63. The predicted molar refractivity (Wildman–Crippen MR) is 224 cm³/mol. The Bertz CT molecular complexity index is 2200. The van der Waals surface area contributed by atoms with E-state index in [-0.39, 0.29) is 21.7 Å². The molecule has 0 N–H and O–H groups in total. The van der Waals surface area contributed by atoms with E-state index >= 15 is 0 Å². The fraction of sp³-hybridized carbons (Fsp3) is 0.423. The molecule has 4 fully saturated rings. The predicted octanol–water partition coefficient (Wildman–Crippen LogP) is 14.2. The Morgan fingerprint density at radius 3 is 1.68 bits per heavy atom. The number of rotatable bonds is 4. The summed E-state index contributed by atoms with van der Waals surface area (Å²) in [7, 11) is 0. The third kappa shape index (κ3) is 5.01. The Morgan fingerprint density at radius 2 is 1.04 bits per heavy atom. The number of nitrogens with zero attached hydrogens (tertiary/aromatic N) is 1. The van der Waals surface area contributed by atoms with Crippen LogP contribution in [-0.4, -0.2) is 0 Å². The van der Waals surface area contributed by atoms with Crippen LogP contribution in [-0.2, 0) is 21.7 Å². The van der Waals surface area contributed by atoms with E-state index in [1.54, 1.807) is 11.1 Å². The van der Waals surface area contributed by atoms with Crippen LogP contribution in [0.5, 0.6) is 0 Å². The van der Waals surface area contributed by atoms with Gasteiger partial charge in [-0.25, -0.2) is 0 Å². The van der Waals surface area contributed by atoms with Crippen molar-refractivity contribution in [1.29, 1.82) is 0 Å². The summed E-state index contributed by atoms with van der Waals surface area (Å²) in [6.07, 6.45) is 9.61. The molecule has 53 heavy (non-hydrogen) atoms. The van der Waals surface area contributed by atoms with Crippen LogP contribution in [0.4, 0.5) is 17.1 Å². The molecule has 270 valence electrons. The van der Waals surface area contributed by atoms with Crippen LogP contribution in [0.2, 0.25) is 0 Å². The van der Waals surface area contributed by atoms with Crippen LogP contribution in [0.3, 0.4) is 0 Å². The zero-order valence-corrected chi connectivity index (χ0v) is 33.1. The monoisotopic (exact) mass is 695 g/mol. The number of hydrogen-bond donors (Lipinski definition) is 0. The van der Waals surface area contributed by atoms with Gasteiger partial charge in [0.05, 0.1) is 0 Å². The second-order valence-corrected chi connectivity index (χ2v) is 20.2. The second kappa shape index (κ2) is 11.5. The lowest BCUT2D eigenvalue weighted by atomic mass is 9.43. The topological polar surface area (TPSA) is 3.24 Å². The lowest BCUT2D eigenvalue weighted by molar-refractivity contribution is -0.0399. The van der Waals surface area contributed by atoms with E-state index in [2.05, 4.69) is 163 Å². The Morgan fingerprint density at radius 1 is 0.491 bits per heavy atom. The van der Waals surface area contributed by atoms with E-state index in [0.29, 0.717) is 0 Å². The molecule has 1 spiro atoms. The lowest BCUT2D eigenvalue weighted by Crippen LogP contribution is -2.55. The van der Waals surface area contributed by atoms with Gasteiger partial charge < -0.3 is 4.90 Å². The molecule has 0 aromatic heterocycles. The Labute approximate surface area is 318 Å². The highest BCUT2D eigenvalue weighted by Crippen LogP contribution is 2.69. The van der Waals surface area contributed by atoms with Gasteiger partial charge in [0.15, 0.2) is 0 Å². The average molecular weight is 696 g/mol. The van der Waals surface area contributed by atoms with Crippen LogP contribution in [0.15, 0.2) is 109 Å². The van der Waals surface area contributed by atoms with Gasteiger partial charge in [-0.05, 0) is 177 Å². The van der Waals surface area contributed by atoms with Crippen molar-refractivity contribution in [1.82, 2.24) is 0 Å². The summed E-state index contributed by atoms with van der Waals surface area (Å²) in [6, 6.07) is 43.1. The van der Waals surface area contributed by atoms with Crippen molar-refractivity contribution in [3.8, 4) is 22.3 Å². The van der Waals surface area contributed by atoms with Crippen molar-refractivity contribution >= 4 is 17.1 Å². The maximum Gasteiger partial charge on any atom is 0.0464 e. The largest absolute Gasteiger partial charge is 0.310 e. The van der Waals surface area contributed by atoms with Gasteiger partial charge in [0.2, 0.25) is 0 Å². The smallest absolute Gasteiger partial charge is 0.0464 e. The molecule has 1 nitrogen and oxygen atoms in total. The Kier molecular flexibility index (Phi) is 7.23. The first-order valence-electron chi connectivity index (χ1n) is 20.7. The average Bonchev–Trinajstić information content (AvgIpc) is 3.43. The van der Waals surface area contributed by atoms with Gasteiger partial charge in [0.25, 0.3) is 0 Å². The van der Waals surface area contributed by atoms with E-state index in [0.717, 1.165) is 23.7 Å². The van der Waals surface area contributed by atoms with Gasteiger partial charge in [-0.2, -0.15) is 0 Å². The van der Waals surface area contributed by atoms with Crippen LogP contribution < -0.4 is 4.90 Å². The van der Waals surface area contributed by atoms with Crippen LogP contribution >= 0.6 is 0 Å². The number of hydrogen-bond acceptors (Lipinski definition) is 1. The molecule has 4 bridgehead atoms. The zero-order valence-electron chi connectivity index (χ0n) is 33.1. The first-order valence-corrected chi connectivity index (χ1v) is 20.7. The van der Waals surface area contributed by atoms with Crippen molar-refractivity contribution in [2.75, 3.05) is 4.90 Å². The normalized spacial score (nSPS) is 27.0. The first kappa shape index (κ1) is 33.5. The van der Waals surface area contributed by atoms with Crippen molar-refractivity contribution in [3.05, 3.63) is 137 Å². The van der Waals surface area contributed by atoms with E-state index in [4.69, 9.17) is 0 Å². The minimum Gasteiger partial charge on any atom is -0.310 e. The Balaban J connectivity index is 1.06. The fourth-order valence-corrected chi connectivity index (χ4v) is 12.4. The summed E-state index contributed by atoms with van der Waals surface area (Å²) in [6.45, 7) is 16.6. The minimum absolute atomic E-state index is 0.110. The number of fused-ring (bicyclic) bond motifs is 4. The summed E-state index contributed by atoms with van der Waals surface area (Å²) >= 11 is 0. The summed E-state index contributed by atoms with van der Waals surface area (Å²) in [4.78, 5) is 2.48. The molecule has 0 aliphatic heterocycles. The highest BCUT2D eigenvalue weighted by Gasteiger charge is 2.61. The molecule has 0 atom stereocenters. The molecule has 5 aromatic rings. The zero-order chi connectivity index (χ0) is 36.5. The molecular formula is C52H57N. The van der Waals surface area contributed by atoms with Gasteiger partial charge >= 0.3 is 0 Å². The fourth-order valence-electron chi connectivity index (χ4n) is 12.4. The molecular weight excluding hydrogens is 639 g/mol. The van der Waals surface area contributed by atoms with E-state index in [1.165, 1.54) is 101 Å².